The molecule has 0 amide bonds. The maximum absolute atomic E-state index is 11.9. The number of ether oxygens (including phenoxy) is 1. The monoisotopic (exact) mass is 365 g/mol. The van der Waals surface area contributed by atoms with E-state index in [-0.39, 0.29) is 17.4 Å². The van der Waals surface area contributed by atoms with E-state index in [1.165, 1.54) is 12.1 Å². The summed E-state index contributed by atoms with van der Waals surface area (Å²) in [6, 6.07) is 15.5. The average Bonchev–Trinajstić information content (AvgIpc) is 2.65. The number of benzene rings is 2. The standard InChI is InChI=1S/C20H19N3O4/c1-14(2)27-20(24)16(13-21)11-15-9-10-18(19(12-15)23(25)26)22(3)17-7-5-4-6-8-17/h4-12,14H,1-3H3/b16-11+. The first-order valence-electron chi connectivity index (χ1n) is 8.23. The van der Waals surface area contributed by atoms with Crippen molar-refractivity contribution in [2.24, 2.45) is 0 Å². The van der Waals surface area contributed by atoms with E-state index in [4.69, 9.17) is 4.74 Å². The fourth-order valence-corrected chi connectivity index (χ4v) is 2.43. The number of nitro benzene ring substituents is 1. The molecule has 2 rings (SSSR count). The maximum atomic E-state index is 11.9. The molecule has 0 bridgehead atoms. The van der Waals surface area contributed by atoms with E-state index in [9.17, 15) is 20.2 Å². The summed E-state index contributed by atoms with van der Waals surface area (Å²) >= 11 is 0. The number of nitro groups is 1. The van der Waals surface area contributed by atoms with Crippen LogP contribution in [0.4, 0.5) is 17.1 Å². The van der Waals surface area contributed by atoms with Crippen LogP contribution in [0.15, 0.2) is 54.1 Å². The first-order chi connectivity index (χ1) is 12.8. The molecule has 0 aromatic heterocycles. The van der Waals surface area contributed by atoms with Crippen molar-refractivity contribution in [2.45, 2.75) is 20.0 Å². The van der Waals surface area contributed by atoms with Crippen LogP contribution in [0.2, 0.25) is 0 Å². The Balaban J connectivity index is 2.43. The molecule has 2 aromatic rings. The molecule has 0 heterocycles. The minimum atomic E-state index is -0.763. The Hall–Kier alpha value is -3.66. The minimum absolute atomic E-state index is 0.135. The van der Waals surface area contributed by atoms with Gasteiger partial charge in [-0.1, -0.05) is 24.3 Å². The third-order valence-corrected chi connectivity index (χ3v) is 3.70. The van der Waals surface area contributed by atoms with Gasteiger partial charge in [-0.25, -0.2) is 4.79 Å². The Morgan fingerprint density at radius 3 is 2.48 bits per heavy atom. The van der Waals surface area contributed by atoms with Crippen LogP contribution >= 0.6 is 0 Å². The summed E-state index contributed by atoms with van der Waals surface area (Å²) in [6.45, 7) is 3.35. The molecule has 2 aromatic carbocycles. The summed E-state index contributed by atoms with van der Waals surface area (Å²) in [7, 11) is 1.73. The Morgan fingerprint density at radius 2 is 1.93 bits per heavy atom. The molecule has 0 aliphatic carbocycles. The molecule has 0 radical (unpaired) electrons. The quantitative estimate of drug-likeness (QED) is 0.250. The molecule has 7 heteroatoms. The van der Waals surface area contributed by atoms with Gasteiger partial charge in [0.2, 0.25) is 0 Å². The first kappa shape index (κ1) is 19.7. The molecular weight excluding hydrogens is 346 g/mol. The van der Waals surface area contributed by atoms with Crippen LogP contribution in [-0.2, 0) is 9.53 Å². The van der Waals surface area contributed by atoms with Gasteiger partial charge >= 0.3 is 5.97 Å². The third-order valence-electron chi connectivity index (χ3n) is 3.70. The van der Waals surface area contributed by atoms with Gasteiger partial charge in [-0.05, 0) is 43.7 Å². The van der Waals surface area contributed by atoms with Crippen LogP contribution in [0.3, 0.4) is 0 Å². The molecule has 7 nitrogen and oxygen atoms in total. The Kier molecular flexibility index (Phi) is 6.28. The molecule has 138 valence electrons. The van der Waals surface area contributed by atoms with Crippen molar-refractivity contribution in [1.82, 2.24) is 0 Å². The lowest BCUT2D eigenvalue weighted by atomic mass is 10.1. The predicted molar refractivity (Wildman–Crippen MR) is 102 cm³/mol. The van der Waals surface area contributed by atoms with Gasteiger partial charge < -0.3 is 9.64 Å². The van der Waals surface area contributed by atoms with Gasteiger partial charge in [0.25, 0.3) is 5.69 Å². The predicted octanol–water partition coefficient (Wildman–Crippen LogP) is 4.22. The first-order valence-corrected chi connectivity index (χ1v) is 8.23. The van der Waals surface area contributed by atoms with Crippen molar-refractivity contribution >= 4 is 29.1 Å². The van der Waals surface area contributed by atoms with Crippen molar-refractivity contribution in [1.29, 1.82) is 5.26 Å². The van der Waals surface area contributed by atoms with Gasteiger partial charge in [0.15, 0.2) is 0 Å². The zero-order chi connectivity index (χ0) is 20.0. The van der Waals surface area contributed by atoms with Crippen LogP contribution in [0, 0.1) is 21.4 Å². The molecule has 0 spiro atoms. The van der Waals surface area contributed by atoms with E-state index < -0.39 is 10.9 Å². The SMILES string of the molecule is CC(C)OC(=O)/C(C#N)=C/c1ccc(N(C)c2ccccc2)c([N+](=O)[O-])c1. The van der Waals surface area contributed by atoms with Crippen LogP contribution in [0.1, 0.15) is 19.4 Å². The number of anilines is 2. The summed E-state index contributed by atoms with van der Waals surface area (Å²) < 4.78 is 5.00. The number of nitrogens with zero attached hydrogens (tertiary/aromatic N) is 3. The van der Waals surface area contributed by atoms with Gasteiger partial charge in [0.05, 0.1) is 11.0 Å². The highest BCUT2D eigenvalue weighted by atomic mass is 16.6. The van der Waals surface area contributed by atoms with E-state index in [1.54, 1.807) is 44.0 Å². The topological polar surface area (TPSA) is 96.5 Å². The molecule has 0 fully saturated rings. The molecule has 27 heavy (non-hydrogen) atoms. The van der Waals surface area contributed by atoms with Crippen LogP contribution in [0.25, 0.3) is 6.08 Å². The van der Waals surface area contributed by atoms with Gasteiger partial charge in [-0.15, -0.1) is 0 Å². The molecule has 0 saturated heterocycles. The number of esters is 1. The molecule has 0 unspecified atom stereocenters. The number of carbonyl (C=O) groups excluding carboxylic acids is 1. The van der Waals surface area contributed by atoms with E-state index in [2.05, 4.69) is 0 Å². The number of hydrogen-bond acceptors (Lipinski definition) is 6. The fraction of sp³-hybridized carbons (Fsp3) is 0.200. The largest absolute Gasteiger partial charge is 0.459 e. The summed E-state index contributed by atoms with van der Waals surface area (Å²) in [6.07, 6.45) is 0.912. The second-order valence-corrected chi connectivity index (χ2v) is 6.02. The molecule has 0 aliphatic rings. The molecule has 0 aliphatic heterocycles. The van der Waals surface area contributed by atoms with E-state index >= 15 is 0 Å². The lowest BCUT2D eigenvalue weighted by Gasteiger charge is -2.19. The average molecular weight is 365 g/mol. The zero-order valence-corrected chi connectivity index (χ0v) is 15.2. The van der Waals surface area contributed by atoms with E-state index in [1.807, 2.05) is 30.3 Å². The highest BCUT2D eigenvalue weighted by Gasteiger charge is 2.19. The Labute approximate surface area is 157 Å². The summed E-state index contributed by atoms with van der Waals surface area (Å²) in [4.78, 5) is 24.7. The van der Waals surface area contributed by atoms with Gasteiger partial charge in [-0.2, -0.15) is 5.26 Å². The smallest absolute Gasteiger partial charge is 0.349 e. The highest BCUT2D eigenvalue weighted by Crippen LogP contribution is 2.33. The Bertz CT molecular complexity index is 915. The van der Waals surface area contributed by atoms with E-state index in [0.717, 1.165) is 5.69 Å². The molecule has 0 atom stereocenters. The number of carbonyl (C=O) groups is 1. The zero-order valence-electron chi connectivity index (χ0n) is 15.2. The minimum Gasteiger partial charge on any atom is -0.459 e. The second-order valence-electron chi connectivity index (χ2n) is 6.02. The Morgan fingerprint density at radius 1 is 1.26 bits per heavy atom. The summed E-state index contributed by atoms with van der Waals surface area (Å²) in [5.41, 5.74) is 1.20. The highest BCUT2D eigenvalue weighted by molar-refractivity contribution is 5.98. The summed E-state index contributed by atoms with van der Waals surface area (Å²) in [5, 5.41) is 20.7. The fourth-order valence-electron chi connectivity index (χ4n) is 2.43. The van der Waals surface area contributed by atoms with Crippen LogP contribution in [-0.4, -0.2) is 24.0 Å². The summed E-state index contributed by atoms with van der Waals surface area (Å²) in [5.74, 6) is -0.763. The second kappa shape index (κ2) is 8.63. The van der Waals surface area contributed by atoms with Gasteiger partial charge in [0, 0.05) is 18.8 Å². The number of nitriles is 1. The van der Waals surface area contributed by atoms with Crippen molar-refractivity contribution < 1.29 is 14.5 Å². The van der Waals surface area contributed by atoms with Crippen molar-refractivity contribution in [3.8, 4) is 6.07 Å². The van der Waals surface area contributed by atoms with Crippen molar-refractivity contribution in [2.75, 3.05) is 11.9 Å². The van der Waals surface area contributed by atoms with Gasteiger partial charge in [0.1, 0.15) is 17.3 Å². The van der Waals surface area contributed by atoms with Crippen molar-refractivity contribution in [3.63, 3.8) is 0 Å². The van der Waals surface area contributed by atoms with Gasteiger partial charge in [-0.3, -0.25) is 10.1 Å². The third kappa shape index (κ3) is 4.92. The number of hydrogen-bond donors (Lipinski definition) is 0. The normalized spacial score (nSPS) is 11.0. The van der Waals surface area contributed by atoms with Crippen LogP contribution in [0.5, 0.6) is 0 Å². The lowest BCUT2D eigenvalue weighted by molar-refractivity contribution is -0.384. The maximum Gasteiger partial charge on any atom is 0.349 e. The number of rotatable bonds is 6. The molecule has 0 saturated carbocycles. The number of para-hydroxylation sites is 1. The van der Waals surface area contributed by atoms with E-state index in [0.29, 0.717) is 11.3 Å². The lowest BCUT2D eigenvalue weighted by Crippen LogP contribution is -2.13. The van der Waals surface area contributed by atoms with Crippen LogP contribution < -0.4 is 4.90 Å². The molecule has 0 N–H and O–H groups in total. The molecular formula is C20H19N3O4. The van der Waals surface area contributed by atoms with Crippen molar-refractivity contribution in [3.05, 3.63) is 69.8 Å².